The van der Waals surface area contributed by atoms with Crippen LogP contribution in [0, 0.1) is 18.8 Å². The smallest absolute Gasteiger partial charge is 0.0782 e. The number of hydrogen-bond acceptors (Lipinski definition) is 4. The van der Waals surface area contributed by atoms with Crippen molar-refractivity contribution in [3.63, 3.8) is 0 Å². The minimum Gasteiger partial charge on any atom is -0.370 e. The molecule has 2 saturated heterocycles. The lowest BCUT2D eigenvalue weighted by Crippen LogP contribution is -2.52. The molecule has 0 radical (unpaired) electrons. The summed E-state index contributed by atoms with van der Waals surface area (Å²) < 4.78 is 1.08. The zero-order valence-electron chi connectivity index (χ0n) is 28.2. The van der Waals surface area contributed by atoms with Gasteiger partial charge < -0.3 is 10.2 Å². The van der Waals surface area contributed by atoms with Crippen molar-refractivity contribution in [2.75, 3.05) is 32.7 Å². The molecule has 3 aliphatic rings. The molecule has 2 aliphatic heterocycles. The first-order chi connectivity index (χ1) is 20.3. The molecule has 4 nitrogen and oxygen atoms in total. The van der Waals surface area contributed by atoms with Gasteiger partial charge in [0.1, 0.15) is 0 Å². The van der Waals surface area contributed by atoms with Gasteiger partial charge in [-0.05, 0) is 117 Å². The average molecular weight is 642 g/mol. The Hall–Kier alpha value is -1.87. The summed E-state index contributed by atoms with van der Waals surface area (Å²) in [5.41, 5.74) is 8.44. The first kappa shape index (κ1) is 38.2. The van der Waals surface area contributed by atoms with Gasteiger partial charge in [0.05, 0.1) is 11.7 Å². The number of allylic oxidation sites excluding steroid dienone is 3. The van der Waals surface area contributed by atoms with Crippen molar-refractivity contribution in [2.45, 2.75) is 119 Å². The van der Waals surface area contributed by atoms with Crippen LogP contribution in [0.4, 0.5) is 0 Å². The van der Waals surface area contributed by atoms with E-state index in [2.05, 4.69) is 104 Å². The lowest BCUT2D eigenvalue weighted by Gasteiger charge is -2.46. The maximum Gasteiger partial charge on any atom is 0.0782 e. The lowest BCUT2D eigenvalue weighted by molar-refractivity contribution is 0.0818. The number of fused-ring (bicyclic) bond motifs is 1. The number of aromatic nitrogens is 1. The summed E-state index contributed by atoms with van der Waals surface area (Å²) in [6, 6.07) is 2.99. The third-order valence-corrected chi connectivity index (χ3v) is 9.01. The average Bonchev–Trinajstić information content (AvgIpc) is 3.15. The van der Waals surface area contributed by atoms with Crippen LogP contribution in [0.2, 0.25) is 0 Å². The predicted octanol–water partition coefficient (Wildman–Crippen LogP) is 9.50. The third kappa shape index (κ3) is 11.0. The molecule has 4 rings (SSSR count). The van der Waals surface area contributed by atoms with Gasteiger partial charge in [-0.3, -0.25) is 9.88 Å². The molecule has 3 heterocycles. The number of piperazine rings is 1. The Morgan fingerprint density at radius 2 is 1.76 bits per heavy atom. The zero-order chi connectivity index (χ0) is 31.7. The first-order valence-corrected chi connectivity index (χ1v) is 17.3. The van der Waals surface area contributed by atoms with Crippen LogP contribution in [0.1, 0.15) is 118 Å². The molecular weight excluding hydrogens is 580 g/mol. The molecule has 1 N–H and O–H groups in total. The van der Waals surface area contributed by atoms with Crippen LogP contribution in [0.5, 0.6) is 0 Å². The number of nitrogens with one attached hydrogen (secondary N) is 1. The van der Waals surface area contributed by atoms with E-state index >= 15 is 0 Å². The molecule has 2 atom stereocenters. The Morgan fingerprint density at radius 3 is 2.33 bits per heavy atom. The van der Waals surface area contributed by atoms with Crippen LogP contribution in [-0.2, 0) is 6.42 Å². The summed E-state index contributed by atoms with van der Waals surface area (Å²) in [5.74, 6) is 0.786. The highest BCUT2D eigenvalue weighted by Crippen LogP contribution is 2.41. The highest BCUT2D eigenvalue weighted by molar-refractivity contribution is 9.10. The van der Waals surface area contributed by atoms with Crippen LogP contribution in [0.25, 0.3) is 0 Å². The molecule has 1 aromatic heterocycles. The van der Waals surface area contributed by atoms with Crippen LogP contribution in [0.15, 0.2) is 51.8 Å². The topological polar surface area (TPSA) is 31.4 Å². The number of halogens is 1. The van der Waals surface area contributed by atoms with Crippen molar-refractivity contribution in [2.24, 2.45) is 5.92 Å². The molecule has 42 heavy (non-hydrogen) atoms. The molecule has 1 aromatic rings. The van der Waals surface area contributed by atoms with Gasteiger partial charge in [0.15, 0.2) is 0 Å². The molecule has 0 spiro atoms. The minimum atomic E-state index is 0.232. The van der Waals surface area contributed by atoms with E-state index in [0.29, 0.717) is 6.04 Å². The summed E-state index contributed by atoms with van der Waals surface area (Å²) in [6.07, 6.45) is 22.0. The quantitative estimate of drug-likeness (QED) is 0.301. The minimum absolute atomic E-state index is 0.232. The predicted molar refractivity (Wildman–Crippen MR) is 189 cm³/mol. The van der Waals surface area contributed by atoms with Crippen molar-refractivity contribution in [1.29, 1.82) is 0 Å². The van der Waals surface area contributed by atoms with Crippen molar-refractivity contribution < 1.29 is 0 Å². The highest BCUT2D eigenvalue weighted by Gasteiger charge is 2.36. The molecule has 2 fully saturated rings. The van der Waals surface area contributed by atoms with Gasteiger partial charge in [-0.15, -0.1) is 12.8 Å². The second-order valence-electron chi connectivity index (χ2n) is 11.6. The van der Waals surface area contributed by atoms with Crippen molar-refractivity contribution >= 4 is 15.9 Å². The van der Waals surface area contributed by atoms with Crippen molar-refractivity contribution in [1.82, 2.24) is 20.1 Å². The number of pyridine rings is 1. The number of hydrogen-bond donors (Lipinski definition) is 1. The molecule has 1 aliphatic carbocycles. The van der Waals surface area contributed by atoms with Crippen molar-refractivity contribution in [3.8, 4) is 12.8 Å². The molecular formula is C37H61BrN4. The zero-order valence-corrected chi connectivity index (χ0v) is 29.8. The monoisotopic (exact) mass is 640 g/mol. The van der Waals surface area contributed by atoms with Crippen LogP contribution < -0.4 is 5.32 Å². The molecule has 236 valence electrons. The number of terminal acetylenes is 1. The fourth-order valence-corrected chi connectivity index (χ4v) is 6.69. The Labute approximate surface area is 268 Å². The maximum absolute atomic E-state index is 5.03. The Morgan fingerprint density at radius 1 is 1.12 bits per heavy atom. The fourth-order valence-electron chi connectivity index (χ4n) is 6.32. The normalized spacial score (nSPS) is 21.4. The molecule has 0 saturated carbocycles. The number of rotatable bonds is 7. The molecule has 0 bridgehead atoms. The van der Waals surface area contributed by atoms with Gasteiger partial charge in [0.25, 0.3) is 0 Å². The van der Waals surface area contributed by atoms with Gasteiger partial charge in [-0.1, -0.05) is 65.7 Å². The van der Waals surface area contributed by atoms with Gasteiger partial charge >= 0.3 is 0 Å². The van der Waals surface area contributed by atoms with Gasteiger partial charge in [0, 0.05) is 42.0 Å². The van der Waals surface area contributed by atoms with E-state index in [1.165, 1.54) is 59.4 Å². The van der Waals surface area contributed by atoms with E-state index in [-0.39, 0.29) is 6.04 Å². The molecule has 0 amide bonds. The Bertz CT molecular complexity index is 1020. The van der Waals surface area contributed by atoms with Crippen LogP contribution in [-0.4, -0.2) is 53.5 Å². The number of unbranched alkanes of at least 4 members (excludes halogenated alkanes) is 1. The van der Waals surface area contributed by atoms with Gasteiger partial charge in [0.2, 0.25) is 0 Å². The highest BCUT2D eigenvalue weighted by atomic mass is 79.9. The van der Waals surface area contributed by atoms with E-state index in [4.69, 9.17) is 4.98 Å². The number of aryl methyl sites for hydroxylation is 1. The summed E-state index contributed by atoms with van der Waals surface area (Å²) in [5, 5.41) is 3.49. The van der Waals surface area contributed by atoms with Crippen LogP contribution in [0.3, 0.4) is 0 Å². The van der Waals surface area contributed by atoms with Crippen LogP contribution >= 0.6 is 15.9 Å². The first-order valence-electron chi connectivity index (χ1n) is 16.5. The van der Waals surface area contributed by atoms with E-state index in [9.17, 15) is 0 Å². The van der Waals surface area contributed by atoms with E-state index in [0.717, 1.165) is 68.8 Å². The third-order valence-electron chi connectivity index (χ3n) is 8.58. The molecule has 0 aromatic carbocycles. The summed E-state index contributed by atoms with van der Waals surface area (Å²) in [4.78, 5) is 10.3. The lowest BCUT2D eigenvalue weighted by atomic mass is 9.89. The number of nitrogens with zero attached hydrogens (tertiary/aromatic N) is 3. The fraction of sp³-hybridized carbons (Fsp3) is 0.649. The van der Waals surface area contributed by atoms with E-state index in [1.807, 2.05) is 20.0 Å². The summed E-state index contributed by atoms with van der Waals surface area (Å²) in [7, 11) is 0. The van der Waals surface area contributed by atoms with Crippen molar-refractivity contribution in [3.05, 3.63) is 63.1 Å². The SMILES string of the molecule is C#C.C=C(CC1CCNCC1)N1CCN(C2C(/C(C)=C\CC)=C(C)CCc3cc(Br)cnc32)CC1C.CC.CCCC. The maximum atomic E-state index is 5.03. The standard InChI is InChI=1S/C29H43BrN4.C4H10.C2H6.C2H2/c1-6-7-20(2)27-21(3)8-9-25-17-26(30)18-32-28(25)29(27)33-14-15-34(23(5)19-33)22(4)16-24-10-12-31-13-11-24;1-3-4-2;2*1-2/h7,17-18,23-24,29,31H,4,6,8-16,19H2,1-3,5H3;3-4H2,1-2H3;1-2H3;1-2H/b20-7-;;;. The van der Waals surface area contributed by atoms with Gasteiger partial charge in [-0.2, -0.15) is 0 Å². The second-order valence-corrected chi connectivity index (χ2v) is 12.5. The summed E-state index contributed by atoms with van der Waals surface area (Å²) in [6.45, 7) is 27.6. The Balaban J connectivity index is 0.000000998. The van der Waals surface area contributed by atoms with E-state index in [1.54, 1.807) is 0 Å². The summed E-state index contributed by atoms with van der Waals surface area (Å²) >= 11 is 3.67. The number of piperidine rings is 1. The molecule has 2 unspecified atom stereocenters. The Kier molecular flexibility index (Phi) is 19.0. The van der Waals surface area contributed by atoms with E-state index < -0.39 is 0 Å². The largest absolute Gasteiger partial charge is 0.370 e. The molecule has 5 heteroatoms. The second kappa shape index (κ2) is 20.9. The van der Waals surface area contributed by atoms with Gasteiger partial charge in [-0.25, -0.2) is 0 Å².